The molecule has 0 unspecified atom stereocenters. The Kier molecular flexibility index (Phi) is 4.94. The van der Waals surface area contributed by atoms with E-state index in [1.54, 1.807) is 0 Å². The molecule has 1 fully saturated rings. The highest BCUT2D eigenvalue weighted by Crippen LogP contribution is 2.41. The summed E-state index contributed by atoms with van der Waals surface area (Å²) in [7, 11) is 0. The van der Waals surface area contributed by atoms with Gasteiger partial charge in [-0.15, -0.1) is 0 Å². The SMILES string of the molecule is Nc1c(C2CCN(C(C(F)(F)F)C(F)(F)F)CC2)nn2c1CCc1cc(F)cnc1-2. The summed E-state index contributed by atoms with van der Waals surface area (Å²) in [5, 5.41) is 4.46. The van der Waals surface area contributed by atoms with E-state index in [0.717, 1.165) is 6.20 Å². The number of hydrogen-bond donors (Lipinski definition) is 1. The molecule has 2 aromatic rings. The molecule has 0 aromatic carbocycles. The lowest BCUT2D eigenvalue weighted by atomic mass is 9.91. The normalized spacial score (nSPS) is 18.5. The number of rotatable bonds is 2. The molecule has 5 nitrogen and oxygen atoms in total. The Balaban J connectivity index is 1.56. The molecular formula is C18H18F7N5. The molecule has 164 valence electrons. The molecule has 30 heavy (non-hydrogen) atoms. The first-order valence-electron chi connectivity index (χ1n) is 9.36. The Morgan fingerprint density at radius 3 is 2.27 bits per heavy atom. The Labute approximate surface area is 166 Å². The number of likely N-dealkylation sites (tertiary alicyclic amines) is 1. The van der Waals surface area contributed by atoms with Crippen LogP contribution in [0, 0.1) is 5.82 Å². The van der Waals surface area contributed by atoms with Gasteiger partial charge in [0, 0.05) is 11.5 Å². The molecule has 2 N–H and O–H groups in total. The van der Waals surface area contributed by atoms with Gasteiger partial charge in [0.1, 0.15) is 5.82 Å². The second kappa shape index (κ2) is 7.10. The average molecular weight is 437 g/mol. The monoisotopic (exact) mass is 437 g/mol. The van der Waals surface area contributed by atoms with Gasteiger partial charge in [-0.05, 0) is 44.8 Å². The van der Waals surface area contributed by atoms with Crippen molar-refractivity contribution in [2.24, 2.45) is 0 Å². The van der Waals surface area contributed by atoms with Gasteiger partial charge in [0.25, 0.3) is 0 Å². The van der Waals surface area contributed by atoms with Crippen molar-refractivity contribution in [3.8, 4) is 5.82 Å². The number of anilines is 1. The first-order valence-corrected chi connectivity index (χ1v) is 9.36. The molecule has 4 heterocycles. The number of nitrogens with zero attached hydrogens (tertiary/aromatic N) is 4. The topological polar surface area (TPSA) is 60.0 Å². The number of nitrogen functional groups attached to an aromatic ring is 1. The largest absolute Gasteiger partial charge is 0.412 e. The summed E-state index contributed by atoms with van der Waals surface area (Å²) in [6.07, 6.45) is -8.63. The molecule has 0 radical (unpaired) electrons. The van der Waals surface area contributed by atoms with E-state index in [0.29, 0.717) is 46.2 Å². The van der Waals surface area contributed by atoms with Crippen LogP contribution in [-0.4, -0.2) is 51.1 Å². The molecule has 0 aliphatic carbocycles. The van der Waals surface area contributed by atoms with Crippen molar-refractivity contribution in [2.75, 3.05) is 18.8 Å². The Bertz CT molecular complexity index is 928. The average Bonchev–Trinajstić information content (AvgIpc) is 2.97. The molecule has 2 aliphatic rings. The molecule has 2 aliphatic heterocycles. The van der Waals surface area contributed by atoms with Crippen molar-refractivity contribution in [3.05, 3.63) is 35.0 Å². The number of hydrogen-bond acceptors (Lipinski definition) is 4. The van der Waals surface area contributed by atoms with Crippen molar-refractivity contribution in [1.82, 2.24) is 19.7 Å². The molecule has 12 heteroatoms. The van der Waals surface area contributed by atoms with Crippen LogP contribution < -0.4 is 5.73 Å². The number of fused-ring (bicyclic) bond motifs is 3. The Hall–Kier alpha value is -2.37. The third-order valence-corrected chi connectivity index (χ3v) is 5.69. The van der Waals surface area contributed by atoms with Gasteiger partial charge < -0.3 is 5.73 Å². The molecule has 0 bridgehead atoms. The minimum absolute atomic E-state index is 0.0625. The lowest BCUT2D eigenvalue weighted by Crippen LogP contribution is -2.56. The van der Waals surface area contributed by atoms with Crippen LogP contribution in [0.2, 0.25) is 0 Å². The van der Waals surface area contributed by atoms with Crippen molar-refractivity contribution in [1.29, 1.82) is 0 Å². The standard InChI is InChI=1S/C18H18F7N5/c19-11-7-10-1-2-12-13(26)14(28-30(12)15(10)27-8-11)9-3-5-29(6-4-9)16(17(20,21)22)18(23,24)25/h7-9,16H,1-6,26H2. The van der Waals surface area contributed by atoms with E-state index in [1.165, 1.54) is 10.7 Å². The van der Waals surface area contributed by atoms with Gasteiger partial charge in [-0.3, -0.25) is 4.90 Å². The van der Waals surface area contributed by atoms with E-state index in [1.807, 2.05) is 0 Å². The van der Waals surface area contributed by atoms with Gasteiger partial charge in [-0.25, -0.2) is 14.1 Å². The fraction of sp³-hybridized carbons (Fsp3) is 0.556. The van der Waals surface area contributed by atoms with E-state index in [4.69, 9.17) is 5.73 Å². The summed E-state index contributed by atoms with van der Waals surface area (Å²) in [5.74, 6) is -0.415. The zero-order valence-electron chi connectivity index (χ0n) is 15.6. The maximum Gasteiger partial charge on any atom is 0.412 e. The van der Waals surface area contributed by atoms with Crippen molar-refractivity contribution >= 4 is 5.69 Å². The molecular weight excluding hydrogens is 419 g/mol. The van der Waals surface area contributed by atoms with E-state index < -0.39 is 24.2 Å². The van der Waals surface area contributed by atoms with Gasteiger partial charge >= 0.3 is 12.4 Å². The minimum atomic E-state index is -5.40. The van der Waals surface area contributed by atoms with Gasteiger partial charge in [-0.2, -0.15) is 31.4 Å². The number of halogens is 7. The zero-order valence-corrected chi connectivity index (χ0v) is 15.6. The second-order valence-electron chi connectivity index (χ2n) is 7.59. The summed E-state index contributed by atoms with van der Waals surface area (Å²) in [6.45, 7) is -0.758. The lowest BCUT2D eigenvalue weighted by Gasteiger charge is -2.38. The third kappa shape index (κ3) is 3.61. The van der Waals surface area contributed by atoms with Crippen LogP contribution in [0.1, 0.15) is 35.7 Å². The molecule has 0 spiro atoms. The van der Waals surface area contributed by atoms with E-state index in [-0.39, 0.29) is 31.8 Å². The van der Waals surface area contributed by atoms with Crippen molar-refractivity contribution in [3.63, 3.8) is 0 Å². The molecule has 0 saturated carbocycles. The van der Waals surface area contributed by atoms with Gasteiger partial charge in [0.2, 0.25) is 6.04 Å². The van der Waals surface area contributed by atoms with Crippen molar-refractivity contribution in [2.45, 2.75) is 50.0 Å². The summed E-state index contributed by atoms with van der Waals surface area (Å²) in [5.41, 5.74) is 8.35. The number of nitrogens with two attached hydrogens (primary N) is 1. The second-order valence-corrected chi connectivity index (χ2v) is 7.59. The van der Waals surface area contributed by atoms with Crippen LogP contribution in [-0.2, 0) is 12.8 Å². The summed E-state index contributed by atoms with van der Waals surface area (Å²) in [6, 6.07) is -2.13. The molecule has 2 aromatic heterocycles. The maximum absolute atomic E-state index is 13.4. The summed E-state index contributed by atoms with van der Waals surface area (Å²) >= 11 is 0. The molecule has 1 saturated heterocycles. The van der Waals surface area contributed by atoms with E-state index in [9.17, 15) is 30.7 Å². The quantitative estimate of drug-likeness (QED) is 0.727. The predicted molar refractivity (Wildman–Crippen MR) is 92.6 cm³/mol. The highest BCUT2D eigenvalue weighted by Gasteiger charge is 2.59. The lowest BCUT2D eigenvalue weighted by molar-refractivity contribution is -0.289. The Morgan fingerprint density at radius 1 is 1.03 bits per heavy atom. The van der Waals surface area contributed by atoms with Crippen molar-refractivity contribution < 1.29 is 30.7 Å². The van der Waals surface area contributed by atoms with Crippen LogP contribution in [0.3, 0.4) is 0 Å². The predicted octanol–water partition coefficient (Wildman–Crippen LogP) is 3.76. The highest BCUT2D eigenvalue weighted by molar-refractivity contribution is 5.55. The fourth-order valence-electron chi connectivity index (χ4n) is 4.33. The van der Waals surface area contributed by atoms with E-state index in [2.05, 4.69) is 10.1 Å². The maximum atomic E-state index is 13.4. The van der Waals surface area contributed by atoms with Crippen LogP contribution in [0.4, 0.5) is 36.4 Å². The Morgan fingerprint density at radius 2 is 1.67 bits per heavy atom. The molecule has 4 rings (SSSR count). The molecule has 0 amide bonds. The van der Waals surface area contributed by atoms with Gasteiger partial charge in [0.05, 0.1) is 23.3 Å². The minimum Gasteiger partial charge on any atom is -0.396 e. The number of alkyl halides is 6. The zero-order chi connectivity index (χ0) is 21.8. The number of aryl methyl sites for hydroxylation is 1. The molecule has 0 atom stereocenters. The van der Waals surface area contributed by atoms with Crippen LogP contribution >= 0.6 is 0 Å². The first kappa shape index (κ1) is 20.9. The van der Waals surface area contributed by atoms with Crippen LogP contribution in [0.5, 0.6) is 0 Å². The summed E-state index contributed by atoms with van der Waals surface area (Å²) < 4.78 is 92.8. The first-order chi connectivity index (χ1) is 14.0. The van der Waals surface area contributed by atoms with Crippen LogP contribution in [0.15, 0.2) is 12.3 Å². The highest BCUT2D eigenvalue weighted by atomic mass is 19.4. The fourth-order valence-corrected chi connectivity index (χ4v) is 4.33. The van der Waals surface area contributed by atoms with Crippen LogP contribution in [0.25, 0.3) is 5.82 Å². The smallest absolute Gasteiger partial charge is 0.396 e. The number of aromatic nitrogens is 3. The number of piperidine rings is 1. The van der Waals surface area contributed by atoms with Gasteiger partial charge in [0.15, 0.2) is 5.82 Å². The van der Waals surface area contributed by atoms with E-state index >= 15 is 0 Å². The van der Waals surface area contributed by atoms with Gasteiger partial charge in [-0.1, -0.05) is 0 Å². The summed E-state index contributed by atoms with van der Waals surface area (Å²) in [4.78, 5) is 4.48. The number of pyridine rings is 1. The third-order valence-electron chi connectivity index (χ3n) is 5.69.